The molecule has 0 radical (unpaired) electrons. The van der Waals surface area contributed by atoms with E-state index in [0.29, 0.717) is 5.75 Å². The fourth-order valence-electron chi connectivity index (χ4n) is 1.70. The maximum atomic E-state index is 9.82. The van der Waals surface area contributed by atoms with Gasteiger partial charge >= 0.3 is 0 Å². The quantitative estimate of drug-likeness (QED) is 0.917. The minimum Gasteiger partial charge on any atom is -0.369 e. The molecule has 5 heteroatoms. The first kappa shape index (κ1) is 11.9. The molecule has 2 aromatic rings. The van der Waals surface area contributed by atoms with Gasteiger partial charge in [0.25, 0.3) is 0 Å². The second-order valence-electron chi connectivity index (χ2n) is 4.33. The summed E-state index contributed by atoms with van der Waals surface area (Å²) in [5.74, 6) is 0.598. The minimum absolute atomic E-state index is 0.598. The second-order valence-corrected chi connectivity index (χ2v) is 6.15. The summed E-state index contributed by atoms with van der Waals surface area (Å²) in [5.41, 5.74) is 1.03. The Morgan fingerprint density at radius 3 is 2.72 bits per heavy atom. The lowest BCUT2D eigenvalue weighted by Gasteiger charge is -2.08. The van der Waals surface area contributed by atoms with Gasteiger partial charge in [0, 0.05) is 16.7 Å². The number of thiazole rings is 1. The van der Waals surface area contributed by atoms with Crippen LogP contribution in [0.3, 0.4) is 0 Å². The molecule has 18 heavy (non-hydrogen) atoms. The van der Waals surface area contributed by atoms with Crippen LogP contribution in [0.1, 0.15) is 12.6 Å². The van der Waals surface area contributed by atoms with E-state index in [9.17, 15) is 5.11 Å². The number of aliphatic imine (C=N–C) groups is 1. The van der Waals surface area contributed by atoms with E-state index >= 15 is 0 Å². The highest BCUT2D eigenvalue weighted by Gasteiger charge is 2.29. The van der Waals surface area contributed by atoms with Gasteiger partial charge in [0.05, 0.1) is 0 Å². The normalized spacial score (nSPS) is 23.1. The van der Waals surface area contributed by atoms with Crippen molar-refractivity contribution in [2.75, 3.05) is 5.75 Å². The summed E-state index contributed by atoms with van der Waals surface area (Å²) in [7, 11) is 0. The van der Waals surface area contributed by atoms with E-state index in [1.54, 1.807) is 30.0 Å². The van der Waals surface area contributed by atoms with E-state index < -0.39 is 5.72 Å². The predicted octanol–water partition coefficient (Wildman–Crippen LogP) is 3.01. The SMILES string of the molecule is CC1(O)CSC(c2csc(-c3ccccc3)n2)=N1. The molecule has 1 atom stereocenters. The zero-order chi connectivity index (χ0) is 12.6. The number of hydrogen-bond acceptors (Lipinski definition) is 5. The molecule has 0 fully saturated rings. The molecule has 0 saturated carbocycles. The van der Waals surface area contributed by atoms with Gasteiger partial charge in [-0.2, -0.15) is 0 Å². The van der Waals surface area contributed by atoms with Crippen LogP contribution in [0, 0.1) is 0 Å². The van der Waals surface area contributed by atoms with Crippen LogP contribution in [0.15, 0.2) is 40.7 Å². The number of benzene rings is 1. The third kappa shape index (κ3) is 2.34. The molecule has 3 nitrogen and oxygen atoms in total. The van der Waals surface area contributed by atoms with Crippen molar-refractivity contribution in [1.82, 2.24) is 4.98 Å². The molecular formula is C13H12N2OS2. The monoisotopic (exact) mass is 276 g/mol. The van der Waals surface area contributed by atoms with Crippen molar-refractivity contribution in [3.8, 4) is 10.6 Å². The predicted molar refractivity (Wildman–Crippen MR) is 77.2 cm³/mol. The molecule has 92 valence electrons. The molecule has 0 bridgehead atoms. The fraction of sp³-hybridized carbons (Fsp3) is 0.231. The number of aliphatic hydroxyl groups is 1. The lowest BCUT2D eigenvalue weighted by molar-refractivity contribution is 0.0989. The molecule has 0 amide bonds. The van der Waals surface area contributed by atoms with Crippen LogP contribution in [-0.4, -0.2) is 26.6 Å². The Bertz CT molecular complexity index is 590. The van der Waals surface area contributed by atoms with Crippen molar-refractivity contribution in [2.24, 2.45) is 4.99 Å². The average Bonchev–Trinajstić information content (AvgIpc) is 2.96. The molecule has 1 aliphatic heterocycles. The fourth-order valence-corrected chi connectivity index (χ4v) is 3.58. The summed E-state index contributed by atoms with van der Waals surface area (Å²) in [5, 5.41) is 13.6. The molecule has 1 unspecified atom stereocenters. The summed E-state index contributed by atoms with van der Waals surface area (Å²) in [4.78, 5) is 8.86. The highest BCUT2D eigenvalue weighted by molar-refractivity contribution is 8.14. The topological polar surface area (TPSA) is 45.5 Å². The van der Waals surface area contributed by atoms with E-state index in [1.165, 1.54) is 0 Å². The molecule has 0 saturated heterocycles. The lowest BCUT2D eigenvalue weighted by atomic mass is 10.2. The number of hydrogen-bond donors (Lipinski definition) is 1. The van der Waals surface area contributed by atoms with Crippen molar-refractivity contribution >= 4 is 28.1 Å². The number of aromatic nitrogens is 1. The highest BCUT2D eigenvalue weighted by Crippen LogP contribution is 2.31. The van der Waals surface area contributed by atoms with Crippen LogP contribution in [0.25, 0.3) is 10.6 Å². The number of rotatable bonds is 2. The Balaban J connectivity index is 1.92. The second kappa shape index (κ2) is 4.50. The first-order valence-electron chi connectivity index (χ1n) is 5.60. The van der Waals surface area contributed by atoms with Gasteiger partial charge in [-0.3, -0.25) is 0 Å². The van der Waals surface area contributed by atoms with Gasteiger partial charge in [0.15, 0.2) is 5.72 Å². The van der Waals surface area contributed by atoms with E-state index in [2.05, 4.69) is 9.98 Å². The summed E-state index contributed by atoms with van der Waals surface area (Å²) in [6, 6.07) is 10.1. The van der Waals surface area contributed by atoms with Gasteiger partial charge < -0.3 is 5.11 Å². The van der Waals surface area contributed by atoms with Gasteiger partial charge in [-0.05, 0) is 6.92 Å². The Hall–Kier alpha value is -1.17. The summed E-state index contributed by atoms with van der Waals surface area (Å²) in [6.07, 6.45) is 0. The van der Waals surface area contributed by atoms with Crippen LogP contribution >= 0.6 is 23.1 Å². The molecule has 2 heterocycles. The van der Waals surface area contributed by atoms with E-state index in [0.717, 1.165) is 21.3 Å². The van der Waals surface area contributed by atoms with Gasteiger partial charge in [0.2, 0.25) is 0 Å². The first-order valence-corrected chi connectivity index (χ1v) is 7.47. The molecule has 1 aromatic heterocycles. The van der Waals surface area contributed by atoms with Gasteiger partial charge in [-0.25, -0.2) is 9.98 Å². The van der Waals surface area contributed by atoms with Crippen molar-refractivity contribution in [1.29, 1.82) is 0 Å². The van der Waals surface area contributed by atoms with E-state index in [1.807, 2.05) is 35.7 Å². The van der Waals surface area contributed by atoms with Crippen LogP contribution in [-0.2, 0) is 0 Å². The van der Waals surface area contributed by atoms with Crippen molar-refractivity contribution in [2.45, 2.75) is 12.6 Å². The summed E-state index contributed by atoms with van der Waals surface area (Å²) >= 11 is 3.16. The number of thioether (sulfide) groups is 1. The van der Waals surface area contributed by atoms with Crippen molar-refractivity contribution < 1.29 is 5.11 Å². The zero-order valence-corrected chi connectivity index (χ0v) is 11.5. The largest absolute Gasteiger partial charge is 0.369 e. The van der Waals surface area contributed by atoms with Crippen LogP contribution in [0.4, 0.5) is 0 Å². The maximum absolute atomic E-state index is 9.82. The average molecular weight is 276 g/mol. The minimum atomic E-state index is -0.948. The third-order valence-electron chi connectivity index (χ3n) is 2.57. The molecular weight excluding hydrogens is 264 g/mol. The highest BCUT2D eigenvalue weighted by atomic mass is 32.2. The molecule has 0 spiro atoms. The molecule has 1 N–H and O–H groups in total. The molecule has 1 aliphatic rings. The number of nitrogens with zero attached hydrogens (tertiary/aromatic N) is 2. The van der Waals surface area contributed by atoms with Crippen molar-refractivity contribution in [3.63, 3.8) is 0 Å². The third-order valence-corrected chi connectivity index (χ3v) is 4.73. The van der Waals surface area contributed by atoms with E-state index in [4.69, 9.17) is 0 Å². The summed E-state index contributed by atoms with van der Waals surface area (Å²) < 4.78 is 0. The molecule has 3 rings (SSSR count). The summed E-state index contributed by atoms with van der Waals surface area (Å²) in [6.45, 7) is 1.72. The van der Waals surface area contributed by atoms with Crippen LogP contribution in [0.2, 0.25) is 0 Å². The molecule has 0 aliphatic carbocycles. The maximum Gasteiger partial charge on any atom is 0.163 e. The Kier molecular flexibility index (Phi) is 2.97. The van der Waals surface area contributed by atoms with Gasteiger partial charge in [0.1, 0.15) is 15.7 Å². The van der Waals surface area contributed by atoms with E-state index in [-0.39, 0.29) is 0 Å². The molecule has 1 aromatic carbocycles. The standard InChI is InChI=1S/C13H12N2OS2/c1-13(16)8-18-12(15-13)10-7-17-11(14-10)9-5-3-2-4-6-9/h2-7,16H,8H2,1H3. The van der Waals surface area contributed by atoms with Crippen LogP contribution < -0.4 is 0 Å². The van der Waals surface area contributed by atoms with Crippen molar-refractivity contribution in [3.05, 3.63) is 41.4 Å². The first-order chi connectivity index (χ1) is 8.64. The Morgan fingerprint density at radius 1 is 1.28 bits per heavy atom. The Labute approximate surface area is 114 Å². The Morgan fingerprint density at radius 2 is 2.06 bits per heavy atom. The zero-order valence-electron chi connectivity index (χ0n) is 9.83. The van der Waals surface area contributed by atoms with Crippen LogP contribution in [0.5, 0.6) is 0 Å². The van der Waals surface area contributed by atoms with Gasteiger partial charge in [-0.15, -0.1) is 11.3 Å². The van der Waals surface area contributed by atoms with Gasteiger partial charge in [-0.1, -0.05) is 42.1 Å². The lowest BCUT2D eigenvalue weighted by Crippen LogP contribution is -2.20. The smallest absolute Gasteiger partial charge is 0.163 e.